The number of nitrogens with one attached hydrogen (secondary N) is 1. The SMILES string of the molecule is CCN(c1ccccc1)S(=O)(=O)c1cc(NC(=O)c2cnccn2)ccc1Cl. The number of nitrogens with zero attached hydrogens (tertiary/aromatic N) is 3. The smallest absolute Gasteiger partial charge is 0.275 e. The van der Waals surface area contributed by atoms with Crippen molar-refractivity contribution in [3.63, 3.8) is 0 Å². The van der Waals surface area contributed by atoms with Crippen molar-refractivity contribution in [3.05, 3.63) is 77.8 Å². The first-order chi connectivity index (χ1) is 13.4. The Kier molecular flexibility index (Phi) is 5.91. The minimum absolute atomic E-state index is 0.0619. The molecule has 0 atom stereocenters. The summed E-state index contributed by atoms with van der Waals surface area (Å²) in [5.41, 5.74) is 0.916. The highest BCUT2D eigenvalue weighted by Crippen LogP contribution is 2.30. The predicted molar refractivity (Wildman–Crippen MR) is 108 cm³/mol. The second-order valence-corrected chi connectivity index (χ2v) is 7.93. The molecule has 0 aliphatic carbocycles. The van der Waals surface area contributed by atoms with Crippen LogP contribution in [0.25, 0.3) is 0 Å². The number of aromatic nitrogens is 2. The first kappa shape index (κ1) is 19.8. The molecule has 2 aromatic carbocycles. The minimum atomic E-state index is -3.94. The number of carbonyl (C=O) groups is 1. The molecule has 0 fully saturated rings. The van der Waals surface area contributed by atoms with Crippen LogP contribution in [-0.2, 0) is 10.0 Å². The van der Waals surface area contributed by atoms with Crippen LogP contribution in [0, 0.1) is 0 Å². The number of anilines is 2. The second kappa shape index (κ2) is 8.37. The summed E-state index contributed by atoms with van der Waals surface area (Å²) in [5, 5.41) is 2.67. The number of hydrogen-bond donors (Lipinski definition) is 1. The normalized spacial score (nSPS) is 11.1. The second-order valence-electron chi connectivity index (χ2n) is 5.70. The van der Waals surface area contributed by atoms with Crippen LogP contribution in [0.1, 0.15) is 17.4 Å². The van der Waals surface area contributed by atoms with E-state index in [1.165, 1.54) is 41.1 Å². The molecule has 0 unspecified atom stereocenters. The molecule has 0 bridgehead atoms. The van der Waals surface area contributed by atoms with E-state index < -0.39 is 15.9 Å². The van der Waals surface area contributed by atoms with Crippen LogP contribution in [-0.4, -0.2) is 30.8 Å². The van der Waals surface area contributed by atoms with Crippen LogP contribution in [0.4, 0.5) is 11.4 Å². The van der Waals surface area contributed by atoms with Crippen molar-refractivity contribution in [1.29, 1.82) is 0 Å². The van der Waals surface area contributed by atoms with E-state index in [1.807, 2.05) is 0 Å². The molecule has 1 aromatic heterocycles. The standard InChI is InChI=1S/C19H17ClN4O3S/c1-2-24(15-6-4-3-5-7-15)28(26,27)18-12-14(8-9-16(18)20)23-19(25)17-13-21-10-11-22-17/h3-13H,2H2,1H3,(H,23,25). The summed E-state index contributed by atoms with van der Waals surface area (Å²) in [6.45, 7) is 1.96. The molecule has 0 aliphatic rings. The molecule has 0 saturated heterocycles. The molecule has 7 nitrogen and oxygen atoms in total. The Morgan fingerprint density at radius 3 is 2.54 bits per heavy atom. The van der Waals surface area contributed by atoms with Gasteiger partial charge in [-0.25, -0.2) is 13.4 Å². The molecular formula is C19H17ClN4O3S. The minimum Gasteiger partial charge on any atom is -0.321 e. The van der Waals surface area contributed by atoms with Crippen LogP contribution >= 0.6 is 11.6 Å². The quantitative estimate of drug-likeness (QED) is 0.662. The number of carbonyl (C=O) groups excluding carboxylic acids is 1. The van der Waals surface area contributed by atoms with Crippen LogP contribution < -0.4 is 9.62 Å². The molecule has 3 aromatic rings. The van der Waals surface area contributed by atoms with Gasteiger partial charge in [-0.2, -0.15) is 0 Å². The lowest BCUT2D eigenvalue weighted by Gasteiger charge is -2.23. The third-order valence-electron chi connectivity index (χ3n) is 3.88. The fraction of sp³-hybridized carbons (Fsp3) is 0.105. The lowest BCUT2D eigenvalue weighted by Crippen LogP contribution is -2.31. The van der Waals surface area contributed by atoms with Gasteiger partial charge in [0.15, 0.2) is 0 Å². The van der Waals surface area contributed by atoms with E-state index >= 15 is 0 Å². The molecule has 0 saturated carbocycles. The number of rotatable bonds is 6. The lowest BCUT2D eigenvalue weighted by molar-refractivity contribution is 0.102. The van der Waals surface area contributed by atoms with E-state index in [9.17, 15) is 13.2 Å². The summed E-state index contributed by atoms with van der Waals surface area (Å²) >= 11 is 6.18. The maximum atomic E-state index is 13.2. The molecule has 1 heterocycles. The summed E-state index contributed by atoms with van der Waals surface area (Å²) in [4.78, 5) is 19.9. The number of hydrogen-bond acceptors (Lipinski definition) is 5. The fourth-order valence-corrected chi connectivity index (χ4v) is 4.57. The van der Waals surface area contributed by atoms with Gasteiger partial charge in [-0.15, -0.1) is 0 Å². The van der Waals surface area contributed by atoms with E-state index in [-0.39, 0.29) is 27.8 Å². The van der Waals surface area contributed by atoms with Crippen LogP contribution in [0.2, 0.25) is 5.02 Å². The van der Waals surface area contributed by atoms with E-state index in [2.05, 4.69) is 15.3 Å². The number of sulfonamides is 1. The average molecular weight is 417 g/mol. The Morgan fingerprint density at radius 1 is 1.14 bits per heavy atom. The van der Waals surface area contributed by atoms with Crippen molar-refractivity contribution in [2.24, 2.45) is 0 Å². The van der Waals surface area contributed by atoms with Gasteiger partial charge in [-0.05, 0) is 37.3 Å². The lowest BCUT2D eigenvalue weighted by atomic mass is 10.3. The highest BCUT2D eigenvalue weighted by atomic mass is 35.5. The number of halogens is 1. The molecule has 1 amide bonds. The summed E-state index contributed by atoms with van der Waals surface area (Å²) in [7, 11) is -3.94. The summed E-state index contributed by atoms with van der Waals surface area (Å²) in [6, 6.07) is 13.0. The van der Waals surface area contributed by atoms with Crippen LogP contribution in [0.5, 0.6) is 0 Å². The molecule has 3 rings (SSSR count). The van der Waals surface area contributed by atoms with Crippen molar-refractivity contribution in [2.75, 3.05) is 16.2 Å². The molecule has 0 radical (unpaired) electrons. The molecule has 28 heavy (non-hydrogen) atoms. The highest BCUT2D eigenvalue weighted by Gasteiger charge is 2.26. The van der Waals surface area contributed by atoms with E-state index in [0.29, 0.717) is 5.69 Å². The summed E-state index contributed by atoms with van der Waals surface area (Å²) in [6.07, 6.45) is 4.16. The number of benzene rings is 2. The predicted octanol–water partition coefficient (Wildman–Crippen LogP) is 3.60. The van der Waals surface area contributed by atoms with Gasteiger partial charge < -0.3 is 5.32 Å². The number of para-hydroxylation sites is 1. The maximum absolute atomic E-state index is 13.2. The van der Waals surface area contributed by atoms with Gasteiger partial charge in [0.2, 0.25) is 0 Å². The van der Waals surface area contributed by atoms with Crippen LogP contribution in [0.3, 0.4) is 0 Å². The molecular weight excluding hydrogens is 400 g/mol. The van der Waals surface area contributed by atoms with Gasteiger partial charge in [0.1, 0.15) is 10.6 Å². The first-order valence-electron chi connectivity index (χ1n) is 8.38. The van der Waals surface area contributed by atoms with Gasteiger partial charge in [-0.1, -0.05) is 29.8 Å². The van der Waals surface area contributed by atoms with Gasteiger partial charge in [-0.3, -0.25) is 14.1 Å². The van der Waals surface area contributed by atoms with Crippen molar-refractivity contribution >= 4 is 38.9 Å². The van der Waals surface area contributed by atoms with Crippen molar-refractivity contribution in [2.45, 2.75) is 11.8 Å². The first-order valence-corrected chi connectivity index (χ1v) is 10.2. The largest absolute Gasteiger partial charge is 0.321 e. The Bertz CT molecular complexity index is 1080. The monoisotopic (exact) mass is 416 g/mol. The van der Waals surface area contributed by atoms with Gasteiger partial charge in [0.05, 0.1) is 16.9 Å². The molecule has 1 N–H and O–H groups in total. The zero-order chi connectivity index (χ0) is 20.1. The van der Waals surface area contributed by atoms with Gasteiger partial charge in [0.25, 0.3) is 15.9 Å². The van der Waals surface area contributed by atoms with E-state index in [1.54, 1.807) is 37.3 Å². The topological polar surface area (TPSA) is 92.3 Å². The average Bonchev–Trinajstić information content (AvgIpc) is 2.71. The van der Waals surface area contributed by atoms with E-state index in [0.717, 1.165) is 0 Å². The van der Waals surface area contributed by atoms with E-state index in [4.69, 9.17) is 11.6 Å². The third-order valence-corrected chi connectivity index (χ3v) is 6.27. The summed E-state index contributed by atoms with van der Waals surface area (Å²) in [5.74, 6) is -0.505. The molecule has 0 aliphatic heterocycles. The summed E-state index contributed by atoms with van der Waals surface area (Å²) < 4.78 is 27.7. The van der Waals surface area contributed by atoms with Gasteiger partial charge in [0, 0.05) is 24.6 Å². The zero-order valence-corrected chi connectivity index (χ0v) is 16.5. The van der Waals surface area contributed by atoms with Gasteiger partial charge >= 0.3 is 0 Å². The Labute approximate surface area is 168 Å². The highest BCUT2D eigenvalue weighted by molar-refractivity contribution is 7.93. The van der Waals surface area contributed by atoms with Crippen LogP contribution in [0.15, 0.2) is 72.0 Å². The van der Waals surface area contributed by atoms with Crippen molar-refractivity contribution < 1.29 is 13.2 Å². The maximum Gasteiger partial charge on any atom is 0.275 e. The Balaban J connectivity index is 1.95. The Morgan fingerprint density at radius 2 is 1.89 bits per heavy atom. The number of amides is 1. The molecule has 9 heteroatoms. The molecule has 144 valence electrons. The third kappa shape index (κ3) is 4.13. The Hall–Kier alpha value is -2.97. The zero-order valence-electron chi connectivity index (χ0n) is 14.9. The van der Waals surface area contributed by atoms with Crippen molar-refractivity contribution in [3.8, 4) is 0 Å². The van der Waals surface area contributed by atoms with Crippen molar-refractivity contribution in [1.82, 2.24) is 9.97 Å². The fourth-order valence-electron chi connectivity index (χ4n) is 2.59. The molecule has 0 spiro atoms.